The van der Waals surface area contributed by atoms with Crippen LogP contribution in [0.4, 0.5) is 0 Å². The van der Waals surface area contributed by atoms with Crippen LogP contribution in [0.25, 0.3) is 6.08 Å². The van der Waals surface area contributed by atoms with E-state index >= 15 is 0 Å². The second kappa shape index (κ2) is 11.2. The zero-order chi connectivity index (χ0) is 14.5. The van der Waals surface area contributed by atoms with Crippen molar-refractivity contribution < 1.29 is 4.79 Å². The van der Waals surface area contributed by atoms with Gasteiger partial charge in [0, 0.05) is 0 Å². The molecule has 0 bridgehead atoms. The predicted molar refractivity (Wildman–Crippen MR) is 87.6 cm³/mol. The van der Waals surface area contributed by atoms with E-state index in [1.54, 1.807) is 12.2 Å². The molecule has 0 fully saturated rings. The number of carbonyl (C=O) groups is 1. The lowest BCUT2D eigenvalue weighted by Crippen LogP contribution is -1.85. The Bertz CT molecular complexity index is 415. The van der Waals surface area contributed by atoms with Gasteiger partial charge in [-0.15, -0.1) is 0 Å². The SMILES string of the molecule is CCCCCCCC/C=C/C(=O)/C=C/c1ccccc1. The molecule has 0 saturated carbocycles. The molecule has 108 valence electrons. The number of hydrogen-bond donors (Lipinski definition) is 0. The zero-order valence-corrected chi connectivity index (χ0v) is 12.6. The minimum absolute atomic E-state index is 0.0693. The number of allylic oxidation sites excluding steroid dienone is 3. The molecule has 0 aliphatic heterocycles. The summed E-state index contributed by atoms with van der Waals surface area (Å²) in [5.41, 5.74) is 1.06. The second-order valence-electron chi connectivity index (χ2n) is 5.11. The number of carbonyl (C=O) groups excluding carboxylic acids is 1. The van der Waals surface area contributed by atoms with Crippen molar-refractivity contribution in [3.8, 4) is 0 Å². The van der Waals surface area contributed by atoms with Crippen LogP contribution >= 0.6 is 0 Å². The lowest BCUT2D eigenvalue weighted by atomic mass is 10.1. The summed E-state index contributed by atoms with van der Waals surface area (Å²) in [6.07, 6.45) is 16.0. The van der Waals surface area contributed by atoms with Gasteiger partial charge in [-0.2, -0.15) is 0 Å². The standard InChI is InChI=1S/C19H26O/c1-2-3-4-5-6-7-8-12-15-19(20)17-16-18-13-10-9-11-14-18/h9-17H,2-8H2,1H3/b15-12+,17-16+. The van der Waals surface area contributed by atoms with Gasteiger partial charge >= 0.3 is 0 Å². The molecule has 1 nitrogen and oxygen atoms in total. The van der Waals surface area contributed by atoms with Crippen LogP contribution < -0.4 is 0 Å². The van der Waals surface area contributed by atoms with E-state index in [9.17, 15) is 4.79 Å². The van der Waals surface area contributed by atoms with Crippen molar-refractivity contribution in [2.45, 2.75) is 51.9 Å². The van der Waals surface area contributed by atoms with E-state index in [0.717, 1.165) is 12.0 Å². The van der Waals surface area contributed by atoms with Gasteiger partial charge in [-0.1, -0.05) is 81.5 Å². The predicted octanol–water partition coefficient (Wildman–Crippen LogP) is 5.58. The van der Waals surface area contributed by atoms with E-state index in [4.69, 9.17) is 0 Å². The number of benzene rings is 1. The number of hydrogen-bond acceptors (Lipinski definition) is 1. The average molecular weight is 270 g/mol. The molecular weight excluding hydrogens is 244 g/mol. The Labute approximate surface area is 123 Å². The Hall–Kier alpha value is -1.63. The molecule has 1 heteroatoms. The smallest absolute Gasteiger partial charge is 0.178 e. The summed E-state index contributed by atoms with van der Waals surface area (Å²) in [6.45, 7) is 2.23. The first-order chi connectivity index (χ1) is 9.83. The first-order valence-electron chi connectivity index (χ1n) is 7.76. The fraction of sp³-hybridized carbons (Fsp3) is 0.421. The van der Waals surface area contributed by atoms with Crippen molar-refractivity contribution in [3.63, 3.8) is 0 Å². The molecule has 0 saturated heterocycles. The summed E-state index contributed by atoms with van der Waals surface area (Å²) in [4.78, 5) is 11.6. The third-order valence-electron chi connectivity index (χ3n) is 3.25. The van der Waals surface area contributed by atoms with Gasteiger partial charge in [0.25, 0.3) is 0 Å². The minimum Gasteiger partial charge on any atom is -0.290 e. The Kier molecular flexibility index (Phi) is 9.21. The van der Waals surface area contributed by atoms with Crippen molar-refractivity contribution in [2.75, 3.05) is 0 Å². The van der Waals surface area contributed by atoms with Crippen LogP contribution in [-0.2, 0) is 4.79 Å². The Morgan fingerprint density at radius 1 is 0.950 bits per heavy atom. The number of ketones is 1. The minimum atomic E-state index is 0.0693. The summed E-state index contributed by atoms with van der Waals surface area (Å²) in [6, 6.07) is 9.89. The fourth-order valence-corrected chi connectivity index (χ4v) is 2.04. The molecule has 1 rings (SSSR count). The van der Waals surface area contributed by atoms with E-state index < -0.39 is 0 Å². The maximum absolute atomic E-state index is 11.6. The van der Waals surface area contributed by atoms with E-state index in [0.29, 0.717) is 0 Å². The van der Waals surface area contributed by atoms with Gasteiger partial charge < -0.3 is 0 Å². The third kappa shape index (κ3) is 8.47. The topological polar surface area (TPSA) is 17.1 Å². The van der Waals surface area contributed by atoms with Crippen LogP contribution in [0.2, 0.25) is 0 Å². The summed E-state index contributed by atoms with van der Waals surface area (Å²) in [5, 5.41) is 0. The van der Waals surface area contributed by atoms with Gasteiger partial charge in [0.2, 0.25) is 0 Å². The van der Waals surface area contributed by atoms with E-state index in [1.807, 2.05) is 42.5 Å². The quantitative estimate of drug-likeness (QED) is 0.401. The molecule has 1 aromatic rings. The number of unbranched alkanes of at least 4 members (excludes halogenated alkanes) is 6. The number of rotatable bonds is 10. The van der Waals surface area contributed by atoms with Crippen LogP contribution in [-0.4, -0.2) is 5.78 Å². The lowest BCUT2D eigenvalue weighted by Gasteiger charge is -1.97. The molecule has 0 aliphatic carbocycles. The van der Waals surface area contributed by atoms with Gasteiger partial charge in [0.15, 0.2) is 5.78 Å². The first-order valence-corrected chi connectivity index (χ1v) is 7.76. The van der Waals surface area contributed by atoms with Crippen LogP contribution in [0, 0.1) is 0 Å². The lowest BCUT2D eigenvalue weighted by molar-refractivity contribution is -0.110. The average Bonchev–Trinajstić information content (AvgIpc) is 2.49. The zero-order valence-electron chi connectivity index (χ0n) is 12.6. The van der Waals surface area contributed by atoms with Crippen molar-refractivity contribution in [1.82, 2.24) is 0 Å². The van der Waals surface area contributed by atoms with Gasteiger partial charge in [-0.05, 0) is 30.6 Å². The molecule has 0 radical (unpaired) electrons. The Morgan fingerprint density at radius 2 is 1.65 bits per heavy atom. The van der Waals surface area contributed by atoms with E-state index in [2.05, 4.69) is 6.92 Å². The molecule has 0 atom stereocenters. The highest BCUT2D eigenvalue weighted by Crippen LogP contribution is 2.07. The summed E-state index contributed by atoms with van der Waals surface area (Å²) in [7, 11) is 0. The molecule has 0 amide bonds. The highest BCUT2D eigenvalue weighted by atomic mass is 16.1. The summed E-state index contributed by atoms with van der Waals surface area (Å²) < 4.78 is 0. The molecule has 0 N–H and O–H groups in total. The first kappa shape index (κ1) is 16.4. The summed E-state index contributed by atoms with van der Waals surface area (Å²) >= 11 is 0. The van der Waals surface area contributed by atoms with Crippen molar-refractivity contribution >= 4 is 11.9 Å². The highest BCUT2D eigenvalue weighted by molar-refractivity contribution is 6.01. The Morgan fingerprint density at radius 3 is 2.40 bits per heavy atom. The molecule has 0 spiro atoms. The normalized spacial score (nSPS) is 11.4. The monoisotopic (exact) mass is 270 g/mol. The molecule has 20 heavy (non-hydrogen) atoms. The van der Waals surface area contributed by atoms with Gasteiger partial charge in [0.05, 0.1) is 0 Å². The van der Waals surface area contributed by atoms with Gasteiger partial charge in [0.1, 0.15) is 0 Å². The molecule has 0 aromatic heterocycles. The maximum atomic E-state index is 11.6. The van der Waals surface area contributed by atoms with E-state index in [-0.39, 0.29) is 5.78 Å². The molecule has 0 heterocycles. The fourth-order valence-electron chi connectivity index (χ4n) is 2.04. The second-order valence-corrected chi connectivity index (χ2v) is 5.11. The van der Waals surface area contributed by atoms with Crippen molar-refractivity contribution in [1.29, 1.82) is 0 Å². The van der Waals surface area contributed by atoms with Gasteiger partial charge in [-0.3, -0.25) is 4.79 Å². The maximum Gasteiger partial charge on any atom is 0.178 e. The highest BCUT2D eigenvalue weighted by Gasteiger charge is 1.91. The van der Waals surface area contributed by atoms with Crippen molar-refractivity contribution in [3.05, 3.63) is 54.1 Å². The van der Waals surface area contributed by atoms with Crippen LogP contribution in [0.15, 0.2) is 48.6 Å². The van der Waals surface area contributed by atoms with E-state index in [1.165, 1.54) is 38.5 Å². The Balaban J connectivity index is 2.13. The molecule has 1 aromatic carbocycles. The molecular formula is C19H26O. The van der Waals surface area contributed by atoms with Crippen LogP contribution in [0.3, 0.4) is 0 Å². The molecule has 0 unspecified atom stereocenters. The van der Waals surface area contributed by atoms with Crippen LogP contribution in [0.5, 0.6) is 0 Å². The van der Waals surface area contributed by atoms with Gasteiger partial charge in [-0.25, -0.2) is 0 Å². The summed E-state index contributed by atoms with van der Waals surface area (Å²) in [5.74, 6) is 0.0693. The van der Waals surface area contributed by atoms with Crippen LogP contribution in [0.1, 0.15) is 57.4 Å². The van der Waals surface area contributed by atoms with Crippen molar-refractivity contribution in [2.24, 2.45) is 0 Å². The molecule has 0 aliphatic rings. The third-order valence-corrected chi connectivity index (χ3v) is 3.25. The largest absolute Gasteiger partial charge is 0.290 e.